The van der Waals surface area contributed by atoms with Crippen LogP contribution in [-0.4, -0.2) is 24.9 Å². The zero-order valence-corrected chi connectivity index (χ0v) is 26.2. The fourth-order valence-corrected chi connectivity index (χ4v) is 6.17. The lowest BCUT2D eigenvalue weighted by atomic mass is 10.0. The van der Waals surface area contributed by atoms with Crippen LogP contribution in [0.2, 0.25) is 0 Å². The van der Waals surface area contributed by atoms with Gasteiger partial charge in [0.25, 0.3) is 0 Å². The Kier molecular flexibility index (Phi) is 7.02. The lowest BCUT2D eigenvalue weighted by Gasteiger charge is -2.10. The van der Waals surface area contributed by atoms with Crippen LogP contribution in [0.15, 0.2) is 168 Å². The van der Waals surface area contributed by atoms with Crippen LogP contribution in [0.4, 0.5) is 0 Å². The first kappa shape index (κ1) is 28.4. The van der Waals surface area contributed by atoms with Gasteiger partial charge in [-0.05, 0) is 24.3 Å². The Balaban J connectivity index is 1.20. The third-order valence-electron chi connectivity index (χ3n) is 8.56. The first-order valence-corrected chi connectivity index (χ1v) is 16.1. The van der Waals surface area contributed by atoms with E-state index >= 15 is 0 Å². The van der Waals surface area contributed by atoms with Crippen molar-refractivity contribution in [3.63, 3.8) is 0 Å². The van der Waals surface area contributed by atoms with Crippen LogP contribution in [0.1, 0.15) is 0 Å². The molecule has 230 valence electrons. The van der Waals surface area contributed by atoms with Gasteiger partial charge in [-0.2, -0.15) is 0 Å². The van der Waals surface area contributed by atoms with Gasteiger partial charge in [-0.3, -0.25) is 0 Å². The second-order valence-electron chi connectivity index (χ2n) is 11.7. The molecule has 0 spiro atoms. The Morgan fingerprint density at radius 3 is 1.39 bits per heavy atom. The van der Waals surface area contributed by atoms with Crippen molar-refractivity contribution < 1.29 is 4.42 Å². The molecule has 0 radical (unpaired) electrons. The summed E-state index contributed by atoms with van der Waals surface area (Å²) >= 11 is 0. The normalized spacial score (nSPS) is 11.3. The molecule has 0 unspecified atom stereocenters. The first-order valence-electron chi connectivity index (χ1n) is 16.1. The summed E-state index contributed by atoms with van der Waals surface area (Å²) in [6.45, 7) is 0. The topological polar surface area (TPSA) is 77.6 Å². The zero-order valence-electron chi connectivity index (χ0n) is 26.2. The van der Waals surface area contributed by atoms with E-state index in [0.29, 0.717) is 23.3 Å². The Morgan fingerprint density at radius 2 is 0.816 bits per heavy atom. The van der Waals surface area contributed by atoms with E-state index in [2.05, 4.69) is 36.4 Å². The van der Waals surface area contributed by atoms with Crippen molar-refractivity contribution in [3.8, 4) is 68.1 Å². The van der Waals surface area contributed by atoms with Crippen LogP contribution in [0.3, 0.4) is 0 Å². The van der Waals surface area contributed by atoms with Gasteiger partial charge in [0.05, 0.1) is 11.4 Å². The highest BCUT2D eigenvalue weighted by Gasteiger charge is 2.18. The van der Waals surface area contributed by atoms with Crippen LogP contribution in [0.5, 0.6) is 0 Å². The number of furan rings is 1. The molecule has 0 atom stereocenters. The Bertz CT molecular complexity index is 2470. The Hall–Kier alpha value is -6.79. The lowest BCUT2D eigenvalue weighted by Crippen LogP contribution is -2.00. The van der Waals surface area contributed by atoms with E-state index in [1.54, 1.807) is 0 Å². The van der Waals surface area contributed by atoms with Gasteiger partial charge < -0.3 is 4.42 Å². The summed E-state index contributed by atoms with van der Waals surface area (Å²) in [5, 5.41) is 1.97. The molecule has 0 saturated carbocycles. The average Bonchev–Trinajstić information content (AvgIpc) is 3.57. The molecular formula is C43H27N5O. The number of hydrogen-bond acceptors (Lipinski definition) is 6. The molecule has 3 aromatic heterocycles. The zero-order chi connectivity index (χ0) is 32.6. The quantitative estimate of drug-likeness (QED) is 0.182. The molecule has 0 aliphatic carbocycles. The Labute approximate surface area is 282 Å². The summed E-state index contributed by atoms with van der Waals surface area (Å²) in [4.78, 5) is 24.8. The van der Waals surface area contributed by atoms with E-state index in [4.69, 9.17) is 29.3 Å². The van der Waals surface area contributed by atoms with Crippen molar-refractivity contribution in [1.82, 2.24) is 24.9 Å². The van der Waals surface area contributed by atoms with Gasteiger partial charge in [-0.15, -0.1) is 0 Å². The predicted molar refractivity (Wildman–Crippen MR) is 195 cm³/mol. The minimum atomic E-state index is 0.575. The molecule has 0 bridgehead atoms. The third kappa shape index (κ3) is 5.41. The van der Waals surface area contributed by atoms with Crippen molar-refractivity contribution in [2.45, 2.75) is 0 Å². The largest absolute Gasteiger partial charge is 0.456 e. The molecule has 0 saturated heterocycles. The minimum absolute atomic E-state index is 0.575. The molecule has 6 aromatic carbocycles. The van der Waals surface area contributed by atoms with Crippen molar-refractivity contribution in [1.29, 1.82) is 0 Å². The van der Waals surface area contributed by atoms with Crippen LogP contribution in [0, 0.1) is 0 Å². The molecule has 0 fully saturated rings. The summed E-state index contributed by atoms with van der Waals surface area (Å²) in [6, 6.07) is 54.6. The molecule has 0 aliphatic heterocycles. The van der Waals surface area contributed by atoms with Crippen LogP contribution in [-0.2, 0) is 0 Å². The highest BCUT2D eigenvalue weighted by Crippen LogP contribution is 2.39. The molecule has 9 rings (SSSR count). The molecule has 6 heteroatoms. The van der Waals surface area contributed by atoms with Crippen molar-refractivity contribution >= 4 is 21.9 Å². The maximum atomic E-state index is 6.52. The standard InChI is InChI=1S/C43H27N5O/c1-5-14-28(15-6-1)35-27-36(45-40(44-35)29-16-7-2-8-17-29)33-22-13-23-37-39(33)34-25-24-32(26-38(34)49-37)43-47-41(30-18-9-3-10-19-30)46-42(48-43)31-20-11-4-12-21-31/h1-27H. The van der Waals surface area contributed by atoms with E-state index in [-0.39, 0.29) is 0 Å². The molecular weight excluding hydrogens is 603 g/mol. The number of fused-ring (bicyclic) bond motifs is 3. The number of hydrogen-bond donors (Lipinski definition) is 0. The van der Waals surface area contributed by atoms with Gasteiger partial charge in [0.1, 0.15) is 11.2 Å². The Morgan fingerprint density at radius 1 is 0.327 bits per heavy atom. The van der Waals surface area contributed by atoms with E-state index in [0.717, 1.165) is 66.7 Å². The second-order valence-corrected chi connectivity index (χ2v) is 11.7. The maximum Gasteiger partial charge on any atom is 0.164 e. The minimum Gasteiger partial charge on any atom is -0.456 e. The summed E-state index contributed by atoms with van der Waals surface area (Å²) in [6.07, 6.45) is 0. The van der Waals surface area contributed by atoms with Gasteiger partial charge in [-0.1, -0.05) is 140 Å². The highest BCUT2D eigenvalue weighted by molar-refractivity contribution is 6.12. The van der Waals surface area contributed by atoms with Gasteiger partial charge in [0, 0.05) is 44.2 Å². The summed E-state index contributed by atoms with van der Waals surface area (Å²) in [5.41, 5.74) is 8.83. The summed E-state index contributed by atoms with van der Waals surface area (Å²) < 4.78 is 6.52. The molecule has 49 heavy (non-hydrogen) atoms. The number of aromatic nitrogens is 5. The van der Waals surface area contributed by atoms with Gasteiger partial charge >= 0.3 is 0 Å². The van der Waals surface area contributed by atoms with Crippen molar-refractivity contribution in [3.05, 3.63) is 164 Å². The molecule has 0 N–H and O–H groups in total. The molecule has 9 aromatic rings. The molecule has 6 nitrogen and oxygen atoms in total. The van der Waals surface area contributed by atoms with Crippen LogP contribution < -0.4 is 0 Å². The SMILES string of the molecule is c1ccc(-c2cc(-c3cccc4oc5cc(-c6nc(-c7ccccc7)nc(-c7ccccc7)n6)ccc5c34)nc(-c3ccccc3)n2)cc1. The number of rotatable bonds is 6. The average molecular weight is 630 g/mol. The fraction of sp³-hybridized carbons (Fsp3) is 0. The second kappa shape index (κ2) is 12.1. The van der Waals surface area contributed by atoms with Gasteiger partial charge in [0.2, 0.25) is 0 Å². The number of nitrogens with zero attached hydrogens (tertiary/aromatic N) is 5. The van der Waals surface area contributed by atoms with Gasteiger partial charge in [-0.25, -0.2) is 24.9 Å². The molecule has 3 heterocycles. The third-order valence-corrected chi connectivity index (χ3v) is 8.56. The van der Waals surface area contributed by atoms with E-state index in [1.165, 1.54) is 0 Å². The predicted octanol–water partition coefficient (Wildman–Crippen LogP) is 10.6. The van der Waals surface area contributed by atoms with Crippen molar-refractivity contribution in [2.75, 3.05) is 0 Å². The lowest BCUT2D eigenvalue weighted by molar-refractivity contribution is 0.669. The van der Waals surface area contributed by atoms with Gasteiger partial charge in [0.15, 0.2) is 23.3 Å². The maximum absolute atomic E-state index is 6.52. The smallest absolute Gasteiger partial charge is 0.164 e. The van der Waals surface area contributed by atoms with Crippen LogP contribution >= 0.6 is 0 Å². The molecule has 0 aliphatic rings. The summed E-state index contributed by atoms with van der Waals surface area (Å²) in [7, 11) is 0. The monoisotopic (exact) mass is 629 g/mol. The van der Waals surface area contributed by atoms with E-state index in [1.807, 2.05) is 127 Å². The van der Waals surface area contributed by atoms with E-state index in [9.17, 15) is 0 Å². The number of benzene rings is 6. The summed E-state index contributed by atoms with van der Waals surface area (Å²) in [5.74, 6) is 2.47. The van der Waals surface area contributed by atoms with E-state index < -0.39 is 0 Å². The highest BCUT2D eigenvalue weighted by atomic mass is 16.3. The first-order chi connectivity index (χ1) is 24.3. The molecule has 0 amide bonds. The fourth-order valence-electron chi connectivity index (χ4n) is 6.17. The van der Waals surface area contributed by atoms with Crippen LogP contribution in [0.25, 0.3) is 90.0 Å². The van der Waals surface area contributed by atoms with Crippen molar-refractivity contribution in [2.24, 2.45) is 0 Å².